The number of phenols is 1. The number of fused-ring (bicyclic) bond motifs is 1. The van der Waals surface area contributed by atoms with E-state index in [1.807, 2.05) is 26.0 Å². The second-order valence-corrected chi connectivity index (χ2v) is 5.35. The minimum atomic E-state index is 0.350. The van der Waals surface area contributed by atoms with Crippen LogP contribution in [0.15, 0.2) is 30.3 Å². The second kappa shape index (κ2) is 5.08. The van der Waals surface area contributed by atoms with Gasteiger partial charge in [0, 0.05) is 18.7 Å². The van der Waals surface area contributed by atoms with Gasteiger partial charge in [0.1, 0.15) is 11.5 Å². The summed E-state index contributed by atoms with van der Waals surface area (Å²) in [5, 5.41) is 13.1. The van der Waals surface area contributed by atoms with Crippen LogP contribution < -0.4 is 10.1 Å². The zero-order valence-electron chi connectivity index (χ0n) is 11.9. The summed E-state index contributed by atoms with van der Waals surface area (Å²) in [6.45, 7) is 5.48. The average Bonchev–Trinajstić information content (AvgIpc) is 2.89. The van der Waals surface area contributed by atoms with Gasteiger partial charge in [-0.3, -0.25) is 0 Å². The molecule has 3 heteroatoms. The van der Waals surface area contributed by atoms with Crippen LogP contribution in [0.3, 0.4) is 0 Å². The summed E-state index contributed by atoms with van der Waals surface area (Å²) in [4.78, 5) is 0. The molecular formula is C17H19NO2. The van der Waals surface area contributed by atoms with Gasteiger partial charge >= 0.3 is 0 Å². The summed E-state index contributed by atoms with van der Waals surface area (Å²) < 4.78 is 5.52. The number of rotatable bonds is 3. The zero-order chi connectivity index (χ0) is 14.1. The van der Waals surface area contributed by atoms with Crippen LogP contribution in [-0.4, -0.2) is 11.7 Å². The van der Waals surface area contributed by atoms with Crippen molar-refractivity contribution in [3.05, 3.63) is 52.6 Å². The van der Waals surface area contributed by atoms with Crippen molar-refractivity contribution in [2.75, 3.05) is 11.9 Å². The molecule has 0 fully saturated rings. The lowest BCUT2D eigenvalue weighted by molar-refractivity contribution is 0.357. The third-order valence-corrected chi connectivity index (χ3v) is 3.78. The molecule has 0 aromatic heterocycles. The molecule has 2 aromatic carbocycles. The maximum atomic E-state index is 9.67. The number of benzene rings is 2. The highest BCUT2D eigenvalue weighted by molar-refractivity contribution is 5.57. The van der Waals surface area contributed by atoms with Crippen molar-refractivity contribution in [1.82, 2.24) is 0 Å². The smallest absolute Gasteiger partial charge is 0.122 e. The fourth-order valence-electron chi connectivity index (χ4n) is 2.54. The highest BCUT2D eigenvalue weighted by Gasteiger charge is 2.12. The number of hydrogen-bond donors (Lipinski definition) is 2. The number of hydrogen-bond acceptors (Lipinski definition) is 3. The SMILES string of the molecule is Cc1cc(NCc2ccc3c(c2)CCO3)c(C)cc1O. The van der Waals surface area contributed by atoms with E-state index in [1.165, 1.54) is 11.1 Å². The standard InChI is InChI=1S/C17H19NO2/c1-11-8-16(19)12(2)7-15(11)18-10-13-3-4-17-14(9-13)5-6-20-17/h3-4,7-9,18-19H,5-6,10H2,1-2H3. The molecule has 2 N–H and O–H groups in total. The Morgan fingerprint density at radius 1 is 1.15 bits per heavy atom. The summed E-state index contributed by atoms with van der Waals surface area (Å²) >= 11 is 0. The number of aromatic hydroxyl groups is 1. The number of nitrogens with one attached hydrogen (secondary N) is 1. The lowest BCUT2D eigenvalue weighted by Gasteiger charge is -2.12. The van der Waals surface area contributed by atoms with Crippen LogP contribution in [0.25, 0.3) is 0 Å². The Labute approximate surface area is 119 Å². The van der Waals surface area contributed by atoms with E-state index >= 15 is 0 Å². The predicted molar refractivity (Wildman–Crippen MR) is 80.5 cm³/mol. The van der Waals surface area contributed by atoms with Crippen LogP contribution >= 0.6 is 0 Å². The van der Waals surface area contributed by atoms with Crippen molar-refractivity contribution >= 4 is 5.69 Å². The molecule has 0 radical (unpaired) electrons. The van der Waals surface area contributed by atoms with Crippen LogP contribution in [0.1, 0.15) is 22.3 Å². The first-order valence-electron chi connectivity index (χ1n) is 6.92. The first kappa shape index (κ1) is 12.9. The molecule has 3 nitrogen and oxygen atoms in total. The Morgan fingerprint density at radius 3 is 2.85 bits per heavy atom. The average molecular weight is 269 g/mol. The highest BCUT2D eigenvalue weighted by atomic mass is 16.5. The van der Waals surface area contributed by atoms with Gasteiger partial charge in [0.15, 0.2) is 0 Å². The molecule has 1 heterocycles. The summed E-state index contributed by atoms with van der Waals surface area (Å²) in [6, 6.07) is 10.1. The van der Waals surface area contributed by atoms with Crippen LogP contribution in [0.2, 0.25) is 0 Å². The lowest BCUT2D eigenvalue weighted by Crippen LogP contribution is -2.01. The Hall–Kier alpha value is -2.16. The minimum absolute atomic E-state index is 0.350. The van der Waals surface area contributed by atoms with Gasteiger partial charge in [-0.2, -0.15) is 0 Å². The molecule has 104 valence electrons. The Balaban J connectivity index is 1.75. The Bertz CT molecular complexity index is 650. The van der Waals surface area contributed by atoms with Crippen molar-refractivity contribution in [2.24, 2.45) is 0 Å². The Morgan fingerprint density at radius 2 is 2.00 bits per heavy atom. The van der Waals surface area contributed by atoms with Crippen molar-refractivity contribution in [3.8, 4) is 11.5 Å². The molecule has 2 aromatic rings. The molecule has 0 bridgehead atoms. The van der Waals surface area contributed by atoms with E-state index in [-0.39, 0.29) is 0 Å². The van der Waals surface area contributed by atoms with Gasteiger partial charge in [-0.05, 0) is 54.3 Å². The lowest BCUT2D eigenvalue weighted by atomic mass is 10.1. The van der Waals surface area contributed by atoms with Crippen LogP contribution in [0, 0.1) is 13.8 Å². The number of aryl methyl sites for hydroxylation is 2. The molecule has 0 saturated heterocycles. The molecule has 20 heavy (non-hydrogen) atoms. The van der Waals surface area contributed by atoms with Crippen molar-refractivity contribution in [1.29, 1.82) is 0 Å². The zero-order valence-corrected chi connectivity index (χ0v) is 11.9. The van der Waals surface area contributed by atoms with E-state index in [4.69, 9.17) is 4.74 Å². The molecule has 3 rings (SSSR count). The van der Waals surface area contributed by atoms with Gasteiger partial charge in [-0.15, -0.1) is 0 Å². The van der Waals surface area contributed by atoms with Gasteiger partial charge in [-0.25, -0.2) is 0 Å². The minimum Gasteiger partial charge on any atom is -0.508 e. The van der Waals surface area contributed by atoms with E-state index in [2.05, 4.69) is 17.4 Å². The van der Waals surface area contributed by atoms with E-state index < -0.39 is 0 Å². The monoisotopic (exact) mass is 269 g/mol. The molecular weight excluding hydrogens is 250 g/mol. The summed E-state index contributed by atoms with van der Waals surface area (Å²) in [5.41, 5.74) is 5.55. The van der Waals surface area contributed by atoms with E-state index in [0.29, 0.717) is 5.75 Å². The fraction of sp³-hybridized carbons (Fsp3) is 0.294. The van der Waals surface area contributed by atoms with Crippen LogP contribution in [-0.2, 0) is 13.0 Å². The molecule has 0 aliphatic carbocycles. The normalized spacial score (nSPS) is 12.9. The van der Waals surface area contributed by atoms with Gasteiger partial charge in [0.05, 0.1) is 6.61 Å². The number of anilines is 1. The van der Waals surface area contributed by atoms with Crippen molar-refractivity contribution in [3.63, 3.8) is 0 Å². The summed E-state index contributed by atoms with van der Waals surface area (Å²) in [6.07, 6.45) is 1.00. The Kier molecular flexibility index (Phi) is 3.26. The summed E-state index contributed by atoms with van der Waals surface area (Å²) in [7, 11) is 0. The fourth-order valence-corrected chi connectivity index (χ4v) is 2.54. The van der Waals surface area contributed by atoms with Crippen molar-refractivity contribution < 1.29 is 9.84 Å². The van der Waals surface area contributed by atoms with Gasteiger partial charge < -0.3 is 15.2 Å². The second-order valence-electron chi connectivity index (χ2n) is 5.35. The van der Waals surface area contributed by atoms with Crippen LogP contribution in [0.5, 0.6) is 11.5 Å². The molecule has 1 aliphatic heterocycles. The largest absolute Gasteiger partial charge is 0.508 e. The molecule has 0 amide bonds. The van der Waals surface area contributed by atoms with Gasteiger partial charge in [0.25, 0.3) is 0 Å². The predicted octanol–water partition coefficient (Wildman–Crippen LogP) is 3.56. The number of phenolic OH excluding ortho intramolecular Hbond substituents is 1. The van der Waals surface area contributed by atoms with E-state index in [9.17, 15) is 5.11 Å². The number of ether oxygens (including phenoxy) is 1. The first-order chi connectivity index (χ1) is 9.63. The molecule has 0 atom stereocenters. The molecule has 0 spiro atoms. The molecule has 0 unspecified atom stereocenters. The first-order valence-corrected chi connectivity index (χ1v) is 6.92. The van der Waals surface area contributed by atoms with E-state index in [0.717, 1.165) is 42.1 Å². The van der Waals surface area contributed by atoms with Crippen LogP contribution in [0.4, 0.5) is 5.69 Å². The van der Waals surface area contributed by atoms with Gasteiger partial charge in [-0.1, -0.05) is 12.1 Å². The molecule has 0 saturated carbocycles. The molecule has 1 aliphatic rings. The topological polar surface area (TPSA) is 41.5 Å². The van der Waals surface area contributed by atoms with Gasteiger partial charge in [0.2, 0.25) is 0 Å². The summed E-state index contributed by atoms with van der Waals surface area (Å²) in [5.74, 6) is 1.37. The van der Waals surface area contributed by atoms with E-state index in [1.54, 1.807) is 6.07 Å². The highest BCUT2D eigenvalue weighted by Crippen LogP contribution is 2.28. The maximum Gasteiger partial charge on any atom is 0.122 e. The third-order valence-electron chi connectivity index (χ3n) is 3.78. The third kappa shape index (κ3) is 2.44. The quantitative estimate of drug-likeness (QED) is 0.837. The maximum absolute atomic E-state index is 9.67. The van der Waals surface area contributed by atoms with Crippen molar-refractivity contribution in [2.45, 2.75) is 26.8 Å².